The zero-order valence-electron chi connectivity index (χ0n) is 13.8. The summed E-state index contributed by atoms with van der Waals surface area (Å²) in [6, 6.07) is 7.51. The fourth-order valence-corrected chi connectivity index (χ4v) is 2.81. The lowest BCUT2D eigenvalue weighted by Gasteiger charge is -2.17. The number of rotatable bonds is 3. The first kappa shape index (κ1) is 15.9. The smallest absolute Gasteiger partial charge is 0.275 e. The lowest BCUT2D eigenvalue weighted by atomic mass is 9.95. The summed E-state index contributed by atoms with van der Waals surface area (Å²) in [5.41, 5.74) is 3.67. The minimum absolute atomic E-state index is 0.296. The fraction of sp³-hybridized carbons (Fsp3) is 0.333. The molecule has 1 N–H and O–H groups in total. The molecule has 6 nitrogen and oxygen atoms in total. The topological polar surface area (TPSA) is 81.9 Å². The third-order valence-electron chi connectivity index (χ3n) is 4.15. The van der Waals surface area contributed by atoms with Gasteiger partial charge in [-0.15, -0.1) is 0 Å². The Morgan fingerprint density at radius 1 is 1.29 bits per heavy atom. The van der Waals surface area contributed by atoms with Crippen molar-refractivity contribution in [3.05, 3.63) is 46.9 Å². The zero-order valence-corrected chi connectivity index (χ0v) is 13.8. The van der Waals surface area contributed by atoms with Crippen molar-refractivity contribution < 1.29 is 4.79 Å². The number of pyridine rings is 2. The van der Waals surface area contributed by atoms with E-state index in [2.05, 4.69) is 21.4 Å². The third kappa shape index (κ3) is 3.20. The zero-order chi connectivity index (χ0) is 17.1. The van der Waals surface area contributed by atoms with Crippen molar-refractivity contribution in [2.45, 2.75) is 25.7 Å². The summed E-state index contributed by atoms with van der Waals surface area (Å²) in [6.45, 7) is 0. The summed E-state index contributed by atoms with van der Waals surface area (Å²) in [4.78, 5) is 23.0. The van der Waals surface area contributed by atoms with Crippen LogP contribution < -0.4 is 10.2 Å². The summed E-state index contributed by atoms with van der Waals surface area (Å²) < 4.78 is 0. The Morgan fingerprint density at radius 2 is 2.08 bits per heavy atom. The van der Waals surface area contributed by atoms with Crippen molar-refractivity contribution in [2.75, 3.05) is 24.3 Å². The Kier molecular flexibility index (Phi) is 4.43. The van der Waals surface area contributed by atoms with Gasteiger partial charge in [0.2, 0.25) is 0 Å². The van der Waals surface area contributed by atoms with Crippen LogP contribution >= 0.6 is 0 Å². The average Bonchev–Trinajstić information content (AvgIpc) is 2.61. The van der Waals surface area contributed by atoms with Gasteiger partial charge in [-0.05, 0) is 49.4 Å². The number of hydrogen-bond donors (Lipinski definition) is 1. The second-order valence-electron chi connectivity index (χ2n) is 6.06. The second-order valence-corrected chi connectivity index (χ2v) is 6.06. The number of aryl methyl sites for hydroxylation is 2. The second kappa shape index (κ2) is 6.67. The monoisotopic (exact) mass is 321 g/mol. The van der Waals surface area contributed by atoms with E-state index in [-0.39, 0.29) is 5.91 Å². The first-order chi connectivity index (χ1) is 11.6. The standard InChI is InChI=1S/C18H19N5O/c1-23(2)14-7-8-20-16(10-14)18(24)22-17-13(11-19)9-12-5-3-4-6-15(12)21-17/h7-10H,3-6H2,1-2H3,(H,21,22,24). The quantitative estimate of drug-likeness (QED) is 0.939. The molecule has 0 aromatic carbocycles. The van der Waals surface area contributed by atoms with Crippen molar-refractivity contribution in [3.8, 4) is 6.07 Å². The average molecular weight is 321 g/mol. The Bertz CT molecular complexity index is 823. The van der Waals surface area contributed by atoms with Gasteiger partial charge in [0.15, 0.2) is 5.82 Å². The highest BCUT2D eigenvalue weighted by Crippen LogP contribution is 2.24. The molecule has 1 aliphatic rings. The van der Waals surface area contributed by atoms with E-state index < -0.39 is 0 Å². The van der Waals surface area contributed by atoms with Gasteiger partial charge >= 0.3 is 0 Å². The van der Waals surface area contributed by atoms with Crippen molar-refractivity contribution >= 4 is 17.4 Å². The Balaban J connectivity index is 1.89. The summed E-state index contributed by atoms with van der Waals surface area (Å²) in [6.07, 6.45) is 5.63. The Morgan fingerprint density at radius 3 is 2.83 bits per heavy atom. The van der Waals surface area contributed by atoms with E-state index in [1.807, 2.05) is 31.1 Å². The van der Waals surface area contributed by atoms with Gasteiger partial charge in [-0.2, -0.15) is 5.26 Å². The van der Waals surface area contributed by atoms with E-state index in [1.165, 1.54) is 0 Å². The van der Waals surface area contributed by atoms with E-state index in [4.69, 9.17) is 0 Å². The van der Waals surface area contributed by atoms with E-state index in [0.717, 1.165) is 42.6 Å². The summed E-state index contributed by atoms with van der Waals surface area (Å²) in [7, 11) is 3.80. The molecule has 3 rings (SSSR count). The van der Waals surface area contributed by atoms with Gasteiger partial charge < -0.3 is 10.2 Å². The van der Waals surface area contributed by atoms with Crippen molar-refractivity contribution in [1.29, 1.82) is 5.26 Å². The Hall–Kier alpha value is -2.94. The van der Waals surface area contributed by atoms with Crippen LogP contribution in [0.15, 0.2) is 24.4 Å². The van der Waals surface area contributed by atoms with Gasteiger partial charge in [-0.3, -0.25) is 9.78 Å². The fourth-order valence-electron chi connectivity index (χ4n) is 2.81. The highest BCUT2D eigenvalue weighted by atomic mass is 16.1. The molecule has 0 bridgehead atoms. The SMILES string of the molecule is CN(C)c1ccnc(C(=O)Nc2nc3c(cc2C#N)CCCC3)c1. The van der Waals surface area contributed by atoms with Crippen LogP contribution in [0.25, 0.3) is 0 Å². The lowest BCUT2D eigenvalue weighted by molar-refractivity contribution is 0.102. The molecule has 1 aliphatic carbocycles. The number of carbonyl (C=O) groups is 1. The highest BCUT2D eigenvalue weighted by molar-refractivity contribution is 6.03. The normalized spacial score (nSPS) is 12.9. The largest absolute Gasteiger partial charge is 0.378 e. The van der Waals surface area contributed by atoms with Crippen LogP contribution in [0.1, 0.15) is 40.2 Å². The van der Waals surface area contributed by atoms with E-state index in [0.29, 0.717) is 17.1 Å². The molecule has 0 unspecified atom stereocenters. The molecule has 6 heteroatoms. The summed E-state index contributed by atoms with van der Waals surface area (Å²) in [5.74, 6) is -0.0429. The summed E-state index contributed by atoms with van der Waals surface area (Å²) >= 11 is 0. The molecular weight excluding hydrogens is 302 g/mol. The van der Waals surface area contributed by atoms with Crippen LogP contribution in [-0.2, 0) is 12.8 Å². The number of amides is 1. The maximum atomic E-state index is 12.5. The number of nitriles is 1. The van der Waals surface area contributed by atoms with Gasteiger partial charge in [0.05, 0.1) is 5.56 Å². The van der Waals surface area contributed by atoms with Crippen LogP contribution in [0.3, 0.4) is 0 Å². The van der Waals surface area contributed by atoms with Crippen molar-refractivity contribution in [1.82, 2.24) is 9.97 Å². The van der Waals surface area contributed by atoms with E-state index in [1.54, 1.807) is 12.3 Å². The molecule has 0 saturated carbocycles. The number of fused-ring (bicyclic) bond motifs is 1. The Labute approximate surface area is 141 Å². The van der Waals surface area contributed by atoms with Crippen LogP contribution in [-0.4, -0.2) is 30.0 Å². The predicted molar refractivity (Wildman–Crippen MR) is 92.1 cm³/mol. The molecule has 2 aromatic heterocycles. The summed E-state index contributed by atoms with van der Waals surface area (Å²) in [5, 5.41) is 12.1. The van der Waals surface area contributed by atoms with Crippen LogP contribution in [0.4, 0.5) is 11.5 Å². The van der Waals surface area contributed by atoms with Crippen molar-refractivity contribution in [2.24, 2.45) is 0 Å². The maximum Gasteiger partial charge on any atom is 0.275 e. The molecule has 24 heavy (non-hydrogen) atoms. The number of aromatic nitrogens is 2. The molecule has 0 spiro atoms. The van der Waals surface area contributed by atoms with Crippen molar-refractivity contribution in [3.63, 3.8) is 0 Å². The molecular formula is C18H19N5O. The van der Waals surface area contributed by atoms with E-state index >= 15 is 0 Å². The predicted octanol–water partition coefficient (Wildman–Crippen LogP) is 2.55. The van der Waals surface area contributed by atoms with E-state index in [9.17, 15) is 10.1 Å². The first-order valence-electron chi connectivity index (χ1n) is 7.96. The van der Waals surface area contributed by atoms with Crippen LogP contribution in [0.2, 0.25) is 0 Å². The molecule has 0 fully saturated rings. The molecule has 1 amide bonds. The molecule has 0 saturated heterocycles. The number of hydrogen-bond acceptors (Lipinski definition) is 5. The first-order valence-corrected chi connectivity index (χ1v) is 7.96. The minimum Gasteiger partial charge on any atom is -0.378 e. The maximum absolute atomic E-state index is 12.5. The molecule has 122 valence electrons. The number of carbonyl (C=O) groups excluding carboxylic acids is 1. The highest BCUT2D eigenvalue weighted by Gasteiger charge is 2.18. The van der Waals surface area contributed by atoms with Gasteiger partial charge in [-0.1, -0.05) is 0 Å². The number of nitrogens with one attached hydrogen (secondary N) is 1. The number of nitrogens with zero attached hydrogens (tertiary/aromatic N) is 4. The minimum atomic E-state index is -0.363. The van der Waals surface area contributed by atoms with Gasteiger partial charge in [0.1, 0.15) is 11.8 Å². The molecule has 0 atom stereocenters. The van der Waals surface area contributed by atoms with Gasteiger partial charge in [0.25, 0.3) is 5.91 Å². The van der Waals surface area contributed by atoms with Crippen LogP contribution in [0, 0.1) is 11.3 Å². The van der Waals surface area contributed by atoms with Crippen LogP contribution in [0.5, 0.6) is 0 Å². The lowest BCUT2D eigenvalue weighted by Crippen LogP contribution is -2.18. The molecule has 0 radical (unpaired) electrons. The van der Waals surface area contributed by atoms with Gasteiger partial charge in [-0.25, -0.2) is 4.98 Å². The molecule has 2 heterocycles. The third-order valence-corrected chi connectivity index (χ3v) is 4.15. The molecule has 2 aromatic rings. The van der Waals surface area contributed by atoms with Gasteiger partial charge in [0, 0.05) is 31.7 Å². The number of anilines is 2. The molecule has 0 aliphatic heterocycles.